The van der Waals surface area contributed by atoms with Gasteiger partial charge in [0.15, 0.2) is 0 Å². The molecule has 0 aromatic heterocycles. The summed E-state index contributed by atoms with van der Waals surface area (Å²) in [6.07, 6.45) is 0.944. The van der Waals surface area contributed by atoms with Crippen molar-refractivity contribution in [1.82, 2.24) is 0 Å². The van der Waals surface area contributed by atoms with Gasteiger partial charge in [0, 0.05) is 0 Å². The van der Waals surface area contributed by atoms with E-state index in [1.54, 1.807) is 13.8 Å². The maximum absolute atomic E-state index is 10.2. The van der Waals surface area contributed by atoms with Gasteiger partial charge >= 0.3 is 10.1 Å². The van der Waals surface area contributed by atoms with Gasteiger partial charge < -0.3 is 0 Å². The Morgan fingerprint density at radius 1 is 0.905 bits per heavy atom. The smallest absolute Gasteiger partial charge is 0.269 e. The summed E-state index contributed by atoms with van der Waals surface area (Å²) < 4.78 is 24.5. The predicted octanol–water partition coefficient (Wildman–Crippen LogP) is 4.22. The molecule has 0 aliphatic carbocycles. The minimum Gasteiger partial charge on any atom is -0.269 e. The first-order valence-corrected chi connectivity index (χ1v) is 8.54. The molecule has 0 amide bonds. The van der Waals surface area contributed by atoms with E-state index in [1.807, 2.05) is 13.8 Å². The molecule has 0 saturated carbocycles. The highest BCUT2D eigenvalue weighted by Crippen LogP contribution is 2.11. The molecule has 0 saturated heterocycles. The molecule has 0 spiro atoms. The lowest BCUT2D eigenvalue weighted by Crippen LogP contribution is -1.98. The highest BCUT2D eigenvalue weighted by molar-refractivity contribution is 7.85. The van der Waals surface area contributed by atoms with Gasteiger partial charge in [-0.15, -0.1) is 0 Å². The lowest BCUT2D eigenvalue weighted by molar-refractivity contribution is 0.342. The highest BCUT2D eigenvalue weighted by atomic mass is 32.2. The van der Waals surface area contributed by atoms with Crippen molar-refractivity contribution >= 4 is 26.6 Å². The molecule has 0 bridgehead atoms. The van der Waals surface area contributed by atoms with Crippen LogP contribution in [0.15, 0.2) is 53.7 Å². The van der Waals surface area contributed by atoms with Crippen LogP contribution in [0.3, 0.4) is 0 Å². The normalized spacial score (nSPS) is 9.57. The summed E-state index contributed by atoms with van der Waals surface area (Å²) in [6.45, 7) is 7.29. The fraction of sp³-hybridized carbons (Fsp3) is 0.312. The van der Waals surface area contributed by atoms with Gasteiger partial charge in [-0.1, -0.05) is 67.5 Å². The summed E-state index contributed by atoms with van der Waals surface area (Å²) in [4.78, 5) is 0. The molecule has 4 nitrogen and oxygen atoms in total. The molecule has 0 fully saturated rings. The van der Waals surface area contributed by atoms with Crippen LogP contribution in [-0.4, -0.2) is 20.4 Å². The number of rotatable bonds is 2. The highest BCUT2D eigenvalue weighted by Gasteiger charge is 1.97. The zero-order chi connectivity index (χ0) is 16.3. The monoisotopic (exact) mass is 309 g/mol. The second kappa shape index (κ2) is 9.94. The van der Waals surface area contributed by atoms with Crippen molar-refractivity contribution in [2.24, 2.45) is 5.16 Å². The van der Waals surface area contributed by atoms with Gasteiger partial charge in [0.25, 0.3) is 0 Å². The zero-order valence-corrected chi connectivity index (χ0v) is 14.0. The summed E-state index contributed by atoms with van der Waals surface area (Å²) in [6, 6.07) is 16.7. The average molecular weight is 309 g/mol. The van der Waals surface area contributed by atoms with E-state index in [4.69, 9.17) is 0 Å². The van der Waals surface area contributed by atoms with Crippen molar-refractivity contribution in [1.29, 1.82) is 0 Å². The Morgan fingerprint density at radius 3 is 1.43 bits per heavy atom. The fourth-order valence-electron chi connectivity index (χ4n) is 1.28. The molecular weight excluding hydrogens is 286 g/mol. The maximum Gasteiger partial charge on any atom is 0.325 e. The molecule has 0 aliphatic heterocycles. The van der Waals surface area contributed by atoms with E-state index in [0.717, 1.165) is 6.26 Å². The van der Waals surface area contributed by atoms with Gasteiger partial charge in [-0.3, -0.25) is 4.28 Å². The SMILES string of the molecule is CC.CC(C)=NOS(C)(=O)=O.c1ccc2ccccc2c1. The molecule has 0 unspecified atom stereocenters. The Labute approximate surface area is 127 Å². The molecule has 0 radical (unpaired) electrons. The van der Waals surface area contributed by atoms with Crippen LogP contribution in [0.5, 0.6) is 0 Å². The second-order valence-corrected chi connectivity index (χ2v) is 5.72. The van der Waals surface area contributed by atoms with Crippen molar-refractivity contribution in [3.63, 3.8) is 0 Å². The van der Waals surface area contributed by atoms with Crippen LogP contribution in [0, 0.1) is 0 Å². The summed E-state index contributed by atoms with van der Waals surface area (Å²) in [5.41, 5.74) is 0.570. The average Bonchev–Trinajstić information content (AvgIpc) is 2.47. The standard InChI is InChI=1S/C10H8.C4H9NO3S.C2H6/c1-2-6-10-8-4-3-7-9(10)5-1;1-4(2)5-8-9(3,6)7;1-2/h1-8H;1-3H3;1-2H3. The second-order valence-electron chi connectivity index (χ2n) is 4.16. The maximum atomic E-state index is 10.2. The lowest BCUT2D eigenvalue weighted by Gasteiger charge is -1.92. The molecular formula is C16H23NO3S. The third-order valence-corrected chi connectivity index (χ3v) is 2.36. The van der Waals surface area contributed by atoms with E-state index >= 15 is 0 Å². The van der Waals surface area contributed by atoms with Crippen LogP contribution in [0.4, 0.5) is 0 Å². The van der Waals surface area contributed by atoms with E-state index in [9.17, 15) is 8.42 Å². The van der Waals surface area contributed by atoms with E-state index in [0.29, 0.717) is 5.71 Å². The predicted molar refractivity (Wildman–Crippen MR) is 90.0 cm³/mol. The van der Waals surface area contributed by atoms with Gasteiger partial charge in [-0.05, 0) is 24.6 Å². The number of oxime groups is 1. The van der Waals surface area contributed by atoms with Gasteiger partial charge in [0.05, 0.1) is 12.0 Å². The summed E-state index contributed by atoms with van der Waals surface area (Å²) in [7, 11) is -3.41. The summed E-state index contributed by atoms with van der Waals surface area (Å²) in [5, 5.41) is 5.84. The molecule has 0 heterocycles. The zero-order valence-electron chi connectivity index (χ0n) is 13.2. The molecule has 2 rings (SSSR count). The van der Waals surface area contributed by atoms with Crippen LogP contribution in [0.2, 0.25) is 0 Å². The van der Waals surface area contributed by atoms with Crippen LogP contribution >= 0.6 is 0 Å². The van der Waals surface area contributed by atoms with Crippen molar-refractivity contribution in [2.75, 3.05) is 6.26 Å². The lowest BCUT2D eigenvalue weighted by atomic mass is 10.1. The van der Waals surface area contributed by atoms with Crippen LogP contribution in [-0.2, 0) is 14.4 Å². The Kier molecular flexibility index (Phi) is 9.05. The van der Waals surface area contributed by atoms with Crippen LogP contribution in [0.1, 0.15) is 27.7 Å². The molecule has 0 N–H and O–H groups in total. The van der Waals surface area contributed by atoms with Crippen LogP contribution < -0.4 is 0 Å². The van der Waals surface area contributed by atoms with Gasteiger partial charge in [0.1, 0.15) is 0 Å². The van der Waals surface area contributed by atoms with Gasteiger partial charge in [0.2, 0.25) is 0 Å². The summed E-state index contributed by atoms with van der Waals surface area (Å²) >= 11 is 0. The number of hydrogen-bond donors (Lipinski definition) is 0. The van der Waals surface area contributed by atoms with E-state index in [1.165, 1.54) is 10.8 Å². The van der Waals surface area contributed by atoms with Crippen molar-refractivity contribution in [2.45, 2.75) is 27.7 Å². The van der Waals surface area contributed by atoms with Crippen molar-refractivity contribution in [3.8, 4) is 0 Å². The Balaban J connectivity index is 0.000000344. The Bertz CT molecular complexity index is 595. The molecule has 2 aromatic carbocycles. The first-order valence-electron chi connectivity index (χ1n) is 6.72. The third kappa shape index (κ3) is 9.62. The molecule has 2 aromatic rings. The first kappa shape index (κ1) is 19.1. The number of fused-ring (bicyclic) bond motifs is 1. The number of nitrogens with zero attached hydrogens (tertiary/aromatic N) is 1. The molecule has 116 valence electrons. The van der Waals surface area contributed by atoms with Crippen molar-refractivity contribution < 1.29 is 12.7 Å². The first-order chi connectivity index (χ1) is 9.88. The quantitative estimate of drug-likeness (QED) is 0.616. The summed E-state index contributed by atoms with van der Waals surface area (Å²) in [5.74, 6) is 0. The number of hydrogen-bond acceptors (Lipinski definition) is 4. The van der Waals surface area contributed by atoms with E-state index < -0.39 is 10.1 Å². The molecule has 5 heteroatoms. The third-order valence-electron chi connectivity index (χ3n) is 2.01. The Hall–Kier alpha value is -1.88. The van der Waals surface area contributed by atoms with Crippen LogP contribution in [0.25, 0.3) is 10.8 Å². The minimum absolute atomic E-state index is 0.570. The topological polar surface area (TPSA) is 55.7 Å². The Morgan fingerprint density at radius 2 is 1.24 bits per heavy atom. The van der Waals surface area contributed by atoms with E-state index in [2.05, 4.69) is 58.0 Å². The van der Waals surface area contributed by atoms with Gasteiger partial charge in [-0.25, -0.2) is 0 Å². The minimum atomic E-state index is -3.41. The molecule has 0 atom stereocenters. The largest absolute Gasteiger partial charge is 0.325 e. The van der Waals surface area contributed by atoms with E-state index in [-0.39, 0.29) is 0 Å². The fourth-order valence-corrected chi connectivity index (χ4v) is 1.56. The molecule has 0 aliphatic rings. The number of benzene rings is 2. The molecule has 21 heavy (non-hydrogen) atoms. The van der Waals surface area contributed by atoms with Crippen molar-refractivity contribution in [3.05, 3.63) is 48.5 Å². The van der Waals surface area contributed by atoms with Gasteiger partial charge in [-0.2, -0.15) is 8.42 Å².